The van der Waals surface area contributed by atoms with Crippen molar-refractivity contribution in [3.05, 3.63) is 89.3 Å². The Morgan fingerprint density at radius 1 is 1.17 bits per heavy atom. The topological polar surface area (TPSA) is 133 Å². The van der Waals surface area contributed by atoms with E-state index in [2.05, 4.69) is 15.0 Å². The number of nitrogens with zero attached hydrogens (tertiary/aromatic N) is 3. The number of pyridine rings is 1. The predicted molar refractivity (Wildman–Crippen MR) is 143 cm³/mol. The van der Waals surface area contributed by atoms with Gasteiger partial charge in [-0.05, 0) is 48.0 Å². The van der Waals surface area contributed by atoms with Crippen molar-refractivity contribution in [3.8, 4) is 17.4 Å². The van der Waals surface area contributed by atoms with Crippen molar-refractivity contribution in [2.75, 3.05) is 11.9 Å². The van der Waals surface area contributed by atoms with E-state index < -0.39 is 42.4 Å². The van der Waals surface area contributed by atoms with Gasteiger partial charge in [0.1, 0.15) is 17.8 Å². The molecule has 0 bridgehead atoms. The molecule has 1 aliphatic heterocycles. The molecule has 1 amide bonds. The smallest absolute Gasteiger partial charge is 0.436 e. The van der Waals surface area contributed by atoms with Crippen molar-refractivity contribution in [3.63, 3.8) is 0 Å². The maximum absolute atomic E-state index is 12.8. The first-order valence-electron chi connectivity index (χ1n) is 12.3. The van der Waals surface area contributed by atoms with Crippen LogP contribution in [0, 0.1) is 5.92 Å². The van der Waals surface area contributed by atoms with Crippen molar-refractivity contribution in [2.24, 2.45) is 11.7 Å². The molecular weight excluding hydrogens is 567 g/mol. The summed E-state index contributed by atoms with van der Waals surface area (Å²) in [4.78, 5) is 18.3. The van der Waals surface area contributed by atoms with Gasteiger partial charge in [-0.15, -0.1) is 13.2 Å². The Labute approximate surface area is 238 Å². The lowest BCUT2D eigenvalue weighted by atomic mass is 10.1. The molecule has 3 aromatic rings. The summed E-state index contributed by atoms with van der Waals surface area (Å²) >= 11 is 6.01. The van der Waals surface area contributed by atoms with E-state index in [-0.39, 0.29) is 18.8 Å². The Morgan fingerprint density at radius 2 is 1.90 bits per heavy atom. The number of benzene rings is 2. The molecule has 0 saturated carbocycles. The number of carbonyl (C=O) groups is 1. The van der Waals surface area contributed by atoms with Crippen LogP contribution < -0.4 is 20.5 Å². The molecule has 4 rings (SSSR count). The summed E-state index contributed by atoms with van der Waals surface area (Å²) in [6, 6.07) is 15.5. The lowest BCUT2D eigenvalue weighted by Crippen LogP contribution is -2.57. The minimum absolute atomic E-state index is 0.0195. The first-order valence-corrected chi connectivity index (χ1v) is 12.7. The molecule has 1 aromatic heterocycles. The Kier molecular flexibility index (Phi) is 9.23. The van der Waals surface area contributed by atoms with E-state index in [4.69, 9.17) is 22.1 Å². The third-order valence-corrected chi connectivity index (χ3v) is 6.30. The summed E-state index contributed by atoms with van der Waals surface area (Å²) in [5, 5.41) is 25.7. The van der Waals surface area contributed by atoms with Crippen LogP contribution in [-0.2, 0) is 11.3 Å². The highest BCUT2D eigenvalue weighted by Gasteiger charge is 2.36. The standard InChI is InChI=1S/C27H27ClF3N5O5/c1-16(24(32)38)14-36-23(37)13-22(35(26(36)39)15-17-7-9-18(28)10-8-17)34-19-4-2-5-20(12-19)40-25-21(6-3-11-33-25)41-27(29,30)31/h2-13,16,23,26,34,37,39H,14-15H2,1H3,(H2,32,38)/t16-,23-,26-/m0/s1. The third-order valence-electron chi connectivity index (χ3n) is 6.05. The molecule has 218 valence electrons. The minimum atomic E-state index is -4.93. The van der Waals surface area contributed by atoms with Gasteiger partial charge < -0.3 is 35.6 Å². The van der Waals surface area contributed by atoms with Crippen LogP contribution in [0.15, 0.2) is 78.8 Å². The van der Waals surface area contributed by atoms with Gasteiger partial charge in [0.2, 0.25) is 5.91 Å². The number of ether oxygens (including phenoxy) is 2. The van der Waals surface area contributed by atoms with Crippen LogP contribution >= 0.6 is 11.6 Å². The van der Waals surface area contributed by atoms with E-state index in [1.54, 1.807) is 48.2 Å². The van der Waals surface area contributed by atoms with Gasteiger partial charge in [-0.3, -0.25) is 4.79 Å². The summed E-state index contributed by atoms with van der Waals surface area (Å²) < 4.78 is 48.0. The number of aliphatic hydroxyl groups excluding tert-OH is 2. The van der Waals surface area contributed by atoms with Crippen molar-refractivity contribution in [1.29, 1.82) is 0 Å². The molecule has 41 heavy (non-hydrogen) atoms. The molecule has 0 saturated heterocycles. The van der Waals surface area contributed by atoms with Crippen molar-refractivity contribution in [2.45, 2.75) is 32.4 Å². The highest BCUT2D eigenvalue weighted by atomic mass is 35.5. The van der Waals surface area contributed by atoms with E-state index in [0.29, 0.717) is 16.5 Å². The van der Waals surface area contributed by atoms with E-state index >= 15 is 0 Å². The molecule has 14 heteroatoms. The minimum Gasteiger partial charge on any atom is -0.436 e. The van der Waals surface area contributed by atoms with Crippen molar-refractivity contribution in [1.82, 2.24) is 14.8 Å². The number of halogens is 4. The van der Waals surface area contributed by atoms with E-state index in [0.717, 1.165) is 11.6 Å². The second kappa shape index (κ2) is 12.6. The number of aliphatic hydroxyl groups is 2. The molecule has 0 fully saturated rings. The summed E-state index contributed by atoms with van der Waals surface area (Å²) in [5.41, 5.74) is 6.59. The number of primary amides is 1. The predicted octanol–water partition coefficient (Wildman–Crippen LogP) is 4.21. The van der Waals surface area contributed by atoms with E-state index in [1.165, 1.54) is 35.4 Å². The number of anilines is 1. The third kappa shape index (κ3) is 8.01. The van der Waals surface area contributed by atoms with Crippen LogP contribution in [0.25, 0.3) is 0 Å². The normalized spacial score (nSPS) is 18.4. The molecule has 2 aromatic carbocycles. The molecule has 0 unspecified atom stereocenters. The SMILES string of the molecule is C[C@@H](CN1[C@@H](O)C=C(Nc2cccc(Oc3ncccc3OC(F)(F)F)c2)N(Cc2ccc(Cl)cc2)[C@@H]1O)C(N)=O. The Hall–Kier alpha value is -4.04. The van der Waals surface area contributed by atoms with E-state index in [1.807, 2.05) is 0 Å². The van der Waals surface area contributed by atoms with Crippen molar-refractivity contribution < 1.29 is 37.7 Å². The zero-order chi connectivity index (χ0) is 29.7. The average molecular weight is 594 g/mol. The number of amides is 1. The van der Waals surface area contributed by atoms with Crippen LogP contribution in [0.1, 0.15) is 12.5 Å². The zero-order valence-electron chi connectivity index (χ0n) is 21.6. The zero-order valence-corrected chi connectivity index (χ0v) is 22.4. The second-order valence-electron chi connectivity index (χ2n) is 9.18. The number of rotatable bonds is 10. The Balaban J connectivity index is 1.60. The number of hydrogen-bond donors (Lipinski definition) is 4. The number of carbonyl (C=O) groups excluding carboxylic acids is 1. The molecule has 1 aliphatic rings. The van der Waals surface area contributed by atoms with Crippen LogP contribution in [0.3, 0.4) is 0 Å². The molecule has 5 N–H and O–H groups in total. The fourth-order valence-electron chi connectivity index (χ4n) is 4.00. The molecule has 2 heterocycles. The Morgan fingerprint density at radius 3 is 2.59 bits per heavy atom. The summed E-state index contributed by atoms with van der Waals surface area (Å²) in [6.45, 7) is 1.74. The first kappa shape index (κ1) is 29.9. The van der Waals surface area contributed by atoms with Crippen LogP contribution in [-0.4, -0.2) is 56.4 Å². The van der Waals surface area contributed by atoms with E-state index in [9.17, 15) is 28.2 Å². The molecular formula is C27H27ClF3N5O5. The number of nitrogens with one attached hydrogen (secondary N) is 1. The number of alkyl halides is 3. The van der Waals surface area contributed by atoms with Gasteiger partial charge >= 0.3 is 6.36 Å². The van der Waals surface area contributed by atoms with Gasteiger partial charge in [0.15, 0.2) is 12.1 Å². The van der Waals surface area contributed by atoms with Gasteiger partial charge in [0, 0.05) is 42.0 Å². The summed E-state index contributed by atoms with van der Waals surface area (Å²) in [7, 11) is 0. The molecule has 3 atom stereocenters. The van der Waals surface area contributed by atoms with Gasteiger partial charge in [-0.2, -0.15) is 0 Å². The van der Waals surface area contributed by atoms with Crippen LogP contribution in [0.4, 0.5) is 18.9 Å². The molecule has 0 spiro atoms. The molecule has 10 nitrogen and oxygen atoms in total. The average Bonchev–Trinajstić information content (AvgIpc) is 2.90. The highest BCUT2D eigenvalue weighted by molar-refractivity contribution is 6.30. The lowest BCUT2D eigenvalue weighted by molar-refractivity contribution is -0.275. The maximum atomic E-state index is 12.8. The largest absolute Gasteiger partial charge is 0.573 e. The lowest BCUT2D eigenvalue weighted by Gasteiger charge is -2.44. The first-order chi connectivity index (χ1) is 19.4. The second-order valence-corrected chi connectivity index (χ2v) is 9.61. The van der Waals surface area contributed by atoms with Crippen LogP contribution in [0.5, 0.6) is 17.4 Å². The summed E-state index contributed by atoms with van der Waals surface area (Å²) in [5.74, 6) is -1.81. The number of hydrogen-bond acceptors (Lipinski definition) is 9. The van der Waals surface area contributed by atoms with Crippen molar-refractivity contribution >= 4 is 23.2 Å². The monoisotopic (exact) mass is 593 g/mol. The number of aromatic nitrogens is 1. The van der Waals surface area contributed by atoms with Gasteiger partial charge in [-0.1, -0.05) is 36.7 Å². The Bertz CT molecular complexity index is 1390. The van der Waals surface area contributed by atoms with Gasteiger partial charge in [0.25, 0.3) is 5.88 Å². The fraction of sp³-hybridized carbons (Fsp3) is 0.259. The molecule has 0 radical (unpaired) electrons. The summed E-state index contributed by atoms with van der Waals surface area (Å²) in [6.07, 6.45) is -4.89. The van der Waals surface area contributed by atoms with Crippen LogP contribution in [0.2, 0.25) is 5.02 Å². The highest BCUT2D eigenvalue weighted by Crippen LogP contribution is 2.34. The maximum Gasteiger partial charge on any atom is 0.573 e. The fourth-order valence-corrected chi connectivity index (χ4v) is 4.13. The number of nitrogens with two attached hydrogens (primary N) is 1. The van der Waals surface area contributed by atoms with Gasteiger partial charge in [0.05, 0.1) is 0 Å². The van der Waals surface area contributed by atoms with Gasteiger partial charge in [-0.25, -0.2) is 9.88 Å². The molecule has 0 aliphatic carbocycles. The quantitative estimate of drug-likeness (QED) is 0.273.